The molecule has 12 heteroatoms. The van der Waals surface area contributed by atoms with E-state index in [0.29, 0.717) is 83.1 Å². The fourth-order valence-corrected chi connectivity index (χ4v) is 9.40. The van der Waals surface area contributed by atoms with Crippen molar-refractivity contribution in [1.29, 1.82) is 0 Å². The summed E-state index contributed by atoms with van der Waals surface area (Å²) in [6, 6.07) is 45.2. The van der Waals surface area contributed by atoms with E-state index in [4.69, 9.17) is 37.9 Å². The van der Waals surface area contributed by atoms with Crippen molar-refractivity contribution in [1.82, 2.24) is 0 Å². The van der Waals surface area contributed by atoms with Gasteiger partial charge >= 0.3 is 0 Å². The number of rotatable bonds is 27. The van der Waals surface area contributed by atoms with Crippen molar-refractivity contribution in [3.05, 3.63) is 167 Å². The van der Waals surface area contributed by atoms with Crippen molar-refractivity contribution in [3.8, 4) is 23.0 Å². The van der Waals surface area contributed by atoms with Crippen LogP contribution in [0.3, 0.4) is 0 Å². The molecule has 0 heterocycles. The van der Waals surface area contributed by atoms with Gasteiger partial charge in [-0.25, -0.2) is 0 Å². The summed E-state index contributed by atoms with van der Waals surface area (Å²) >= 11 is 0. The zero-order valence-corrected chi connectivity index (χ0v) is 48.5. The van der Waals surface area contributed by atoms with Gasteiger partial charge in [-0.3, -0.25) is 9.59 Å². The van der Waals surface area contributed by atoms with Gasteiger partial charge in [0.05, 0.1) is 39.6 Å². The van der Waals surface area contributed by atoms with Crippen molar-refractivity contribution in [3.63, 3.8) is 0 Å². The second-order valence-electron chi connectivity index (χ2n) is 19.5. The third-order valence-electron chi connectivity index (χ3n) is 14.4. The molecule has 7 rings (SSSR count). The molecule has 0 radical (unpaired) electrons. The summed E-state index contributed by atoms with van der Waals surface area (Å²) < 4.78 is 52.4. The van der Waals surface area contributed by atoms with E-state index in [1.54, 1.807) is 68.6 Å². The molecule has 12 nitrogen and oxygen atoms in total. The van der Waals surface area contributed by atoms with Gasteiger partial charge in [-0.15, -0.1) is 0 Å². The summed E-state index contributed by atoms with van der Waals surface area (Å²) in [7, 11) is 10.0. The van der Waals surface area contributed by atoms with Crippen LogP contribution in [0.15, 0.2) is 133 Å². The van der Waals surface area contributed by atoms with E-state index >= 15 is 0 Å². The first kappa shape index (κ1) is 70.0. The standard InChI is InChI=1S/C24H32O4.C24H34O4.C14H12O2.C4H10O2.2CH4/c1-25-16-18-27-22-10-6-20(7-11-22)24(14-4-3-5-15-24)21-8-12-23(13-9-21)28-19-17-26-2;1-6-19(2)24(3,20-7-11-22(12-8-20)27-17-15-25-4)21-9-13-23(14-10-21)28-18-16-26-5;1-9(15)11-3-5-14-8-12(10(2)16)4-6-13(14)7-11;1-5-3-4-6-2;;/h6-13H,3-5,14-19H2,1-2H3;7-14,19H,6,15-18H2,1-5H3;3-8H,1-2H3;3-4H2,1-2H3;2*1H4. The summed E-state index contributed by atoms with van der Waals surface area (Å²) in [5, 5.41) is 1.97. The van der Waals surface area contributed by atoms with Gasteiger partial charge in [0.1, 0.15) is 49.4 Å². The maximum Gasteiger partial charge on any atom is 0.159 e. The first-order valence-corrected chi connectivity index (χ1v) is 27.3. The number of Topliss-reactive ketones (excluding diaryl/α,β-unsaturated/α-hetero) is 2. The van der Waals surface area contributed by atoms with Crippen molar-refractivity contribution in [2.24, 2.45) is 5.92 Å². The van der Waals surface area contributed by atoms with E-state index in [1.165, 1.54) is 54.4 Å². The van der Waals surface area contributed by atoms with Gasteiger partial charge in [0, 0.05) is 64.6 Å². The molecular weight excluding hydrogens is 1010 g/mol. The zero-order chi connectivity index (χ0) is 56.6. The number of carbonyl (C=O) groups is 2. The minimum atomic E-state index is -0.0924. The van der Waals surface area contributed by atoms with Gasteiger partial charge < -0.3 is 47.4 Å². The molecular formula is C68H96O12. The van der Waals surface area contributed by atoms with Crippen molar-refractivity contribution >= 4 is 22.3 Å². The molecule has 0 saturated heterocycles. The quantitative estimate of drug-likeness (QED) is 0.0360. The number of benzene rings is 6. The van der Waals surface area contributed by atoms with E-state index in [2.05, 4.69) is 103 Å². The minimum Gasteiger partial charge on any atom is -0.491 e. The molecule has 0 aromatic heterocycles. The van der Waals surface area contributed by atoms with Crippen molar-refractivity contribution < 1.29 is 57.0 Å². The molecule has 0 aliphatic heterocycles. The van der Waals surface area contributed by atoms with Gasteiger partial charge in [0.2, 0.25) is 0 Å². The predicted octanol–water partition coefficient (Wildman–Crippen LogP) is 14.9. The predicted molar refractivity (Wildman–Crippen MR) is 326 cm³/mol. The zero-order valence-electron chi connectivity index (χ0n) is 48.5. The molecule has 1 aliphatic carbocycles. The fourth-order valence-electron chi connectivity index (χ4n) is 9.40. The number of methoxy groups -OCH3 is 6. The van der Waals surface area contributed by atoms with Crippen LogP contribution < -0.4 is 18.9 Å². The average molecular weight is 1110 g/mol. The van der Waals surface area contributed by atoms with E-state index in [9.17, 15) is 9.59 Å². The van der Waals surface area contributed by atoms with Gasteiger partial charge in [0.15, 0.2) is 11.6 Å². The van der Waals surface area contributed by atoms with Gasteiger partial charge in [-0.1, -0.05) is 134 Å². The molecule has 0 amide bonds. The maximum atomic E-state index is 11.2. The molecule has 1 saturated carbocycles. The molecule has 0 N–H and O–H groups in total. The Morgan fingerprint density at radius 2 is 0.725 bits per heavy atom. The summed E-state index contributed by atoms with van der Waals surface area (Å²) in [5.41, 5.74) is 6.70. The van der Waals surface area contributed by atoms with E-state index in [0.717, 1.165) is 40.2 Å². The van der Waals surface area contributed by atoms with Gasteiger partial charge in [0.25, 0.3) is 0 Å². The second kappa shape index (κ2) is 38.5. The number of hydrogen-bond acceptors (Lipinski definition) is 12. The highest BCUT2D eigenvalue weighted by atomic mass is 16.5. The van der Waals surface area contributed by atoms with E-state index in [-0.39, 0.29) is 37.2 Å². The number of ketones is 2. The third-order valence-corrected chi connectivity index (χ3v) is 14.4. The van der Waals surface area contributed by atoms with Gasteiger partial charge in [-0.2, -0.15) is 0 Å². The molecule has 1 aliphatic rings. The SMILES string of the molecule is C.C.CC(=O)c1ccc2cc(C(C)=O)ccc2c1.CCC(C)C(C)(c1ccc(OCCOC)cc1)c1ccc(OCCOC)cc1.COCCOC.COCCOc1ccc(C2(c3ccc(OCCOC)cc3)CCCCC2)cc1. The van der Waals surface area contributed by atoms with Crippen LogP contribution in [0.2, 0.25) is 0 Å². The Hall–Kier alpha value is -6.12. The Kier molecular flexibility index (Phi) is 33.7. The molecule has 80 heavy (non-hydrogen) atoms. The summed E-state index contributed by atoms with van der Waals surface area (Å²) in [6.45, 7) is 16.0. The topological polar surface area (TPSA) is 126 Å². The van der Waals surface area contributed by atoms with E-state index < -0.39 is 0 Å². The lowest BCUT2D eigenvalue weighted by molar-refractivity contribution is 0.100. The monoisotopic (exact) mass is 1100 g/mol. The van der Waals surface area contributed by atoms with Crippen LogP contribution in [-0.4, -0.2) is 120 Å². The highest BCUT2D eigenvalue weighted by Gasteiger charge is 2.36. The smallest absolute Gasteiger partial charge is 0.159 e. The Balaban J connectivity index is 0.000000396. The van der Waals surface area contributed by atoms with Crippen molar-refractivity contribution in [2.75, 3.05) is 109 Å². The van der Waals surface area contributed by atoms with Gasteiger partial charge in [-0.05, 0) is 126 Å². The molecule has 0 spiro atoms. The Bertz CT molecular complexity index is 2320. The summed E-state index contributed by atoms with van der Waals surface area (Å²) in [4.78, 5) is 22.4. The summed E-state index contributed by atoms with van der Waals surface area (Å²) in [6.07, 6.45) is 7.30. The maximum absolute atomic E-state index is 11.2. The highest BCUT2D eigenvalue weighted by molar-refractivity contribution is 6.01. The van der Waals surface area contributed by atoms with Crippen LogP contribution >= 0.6 is 0 Å². The lowest BCUT2D eigenvalue weighted by Gasteiger charge is -2.38. The Morgan fingerprint density at radius 3 is 1.00 bits per heavy atom. The van der Waals surface area contributed by atoms with Crippen LogP contribution in [0.25, 0.3) is 10.8 Å². The Labute approximate surface area is 480 Å². The first-order valence-electron chi connectivity index (χ1n) is 27.3. The fraction of sp³-hybridized carbons (Fsp3) is 0.471. The lowest BCUT2D eigenvalue weighted by Crippen LogP contribution is -2.31. The molecule has 440 valence electrons. The van der Waals surface area contributed by atoms with Crippen LogP contribution in [0, 0.1) is 5.92 Å². The third kappa shape index (κ3) is 21.7. The number of fused-ring (bicyclic) bond motifs is 1. The van der Waals surface area contributed by atoms with Crippen LogP contribution in [-0.2, 0) is 39.3 Å². The number of ether oxygens (including phenoxy) is 10. The molecule has 0 bridgehead atoms. The van der Waals surface area contributed by atoms with Crippen LogP contribution in [0.5, 0.6) is 23.0 Å². The molecule has 1 atom stereocenters. The summed E-state index contributed by atoms with van der Waals surface area (Å²) in [5.74, 6) is 4.12. The second-order valence-corrected chi connectivity index (χ2v) is 19.5. The normalized spacial score (nSPS) is 12.7. The minimum absolute atomic E-state index is 0. The highest BCUT2D eigenvalue weighted by Crippen LogP contribution is 2.46. The lowest BCUT2D eigenvalue weighted by atomic mass is 9.65. The molecule has 1 unspecified atom stereocenters. The average Bonchev–Trinajstić information content (AvgIpc) is 3.63. The molecule has 1 fully saturated rings. The van der Waals surface area contributed by atoms with E-state index in [1.807, 2.05) is 48.5 Å². The van der Waals surface area contributed by atoms with Crippen LogP contribution in [0.1, 0.15) is 131 Å². The molecule has 6 aromatic rings. The van der Waals surface area contributed by atoms with Crippen LogP contribution in [0.4, 0.5) is 0 Å². The first-order chi connectivity index (χ1) is 37.8. The Morgan fingerprint density at radius 1 is 0.438 bits per heavy atom. The number of hydrogen-bond donors (Lipinski definition) is 0. The molecule has 6 aromatic carbocycles. The largest absolute Gasteiger partial charge is 0.491 e. The van der Waals surface area contributed by atoms with Crippen molar-refractivity contribution in [2.45, 2.75) is 98.8 Å². The number of carbonyl (C=O) groups excluding carboxylic acids is 2.